The number of amides is 3. The van der Waals surface area contributed by atoms with E-state index in [2.05, 4.69) is 21.2 Å². The smallest absolute Gasteiger partial charge is 0.293 e. The summed E-state index contributed by atoms with van der Waals surface area (Å²) in [6, 6.07) is 21.0. The summed E-state index contributed by atoms with van der Waals surface area (Å²) in [5, 5.41) is 2.53. The van der Waals surface area contributed by atoms with E-state index in [9.17, 15) is 14.4 Å². The van der Waals surface area contributed by atoms with Crippen molar-refractivity contribution < 1.29 is 23.9 Å². The first-order valence-corrected chi connectivity index (χ1v) is 14.2. The minimum absolute atomic E-state index is 0.215. The first-order valence-electron chi connectivity index (χ1n) is 12.6. The average molecular weight is 610 g/mol. The van der Waals surface area contributed by atoms with Crippen LogP contribution in [-0.4, -0.2) is 41.7 Å². The van der Waals surface area contributed by atoms with Crippen LogP contribution >= 0.6 is 27.7 Å². The third kappa shape index (κ3) is 7.74. The summed E-state index contributed by atoms with van der Waals surface area (Å²) < 4.78 is 12.1. The van der Waals surface area contributed by atoms with Gasteiger partial charge in [0.05, 0.1) is 16.0 Å². The van der Waals surface area contributed by atoms with Gasteiger partial charge in [0.2, 0.25) is 0 Å². The van der Waals surface area contributed by atoms with Crippen molar-refractivity contribution in [3.8, 4) is 11.5 Å². The number of carbonyl (C=O) groups excluding carboxylic acids is 3. The molecule has 0 radical (unpaired) electrons. The third-order valence-corrected chi connectivity index (χ3v) is 7.37. The van der Waals surface area contributed by atoms with Gasteiger partial charge in [0.15, 0.2) is 18.1 Å². The van der Waals surface area contributed by atoms with Crippen molar-refractivity contribution in [1.29, 1.82) is 0 Å². The van der Waals surface area contributed by atoms with Gasteiger partial charge in [-0.2, -0.15) is 0 Å². The molecule has 1 N–H and O–H groups in total. The van der Waals surface area contributed by atoms with Crippen LogP contribution in [0.5, 0.6) is 11.5 Å². The molecule has 202 valence electrons. The number of carbonyl (C=O) groups is 3. The zero-order chi connectivity index (χ0) is 27.8. The summed E-state index contributed by atoms with van der Waals surface area (Å²) in [4.78, 5) is 39.6. The molecule has 3 aromatic rings. The Kier molecular flexibility index (Phi) is 9.84. The zero-order valence-electron chi connectivity index (χ0n) is 21.7. The molecule has 1 aliphatic rings. The minimum atomic E-state index is -0.307. The van der Waals surface area contributed by atoms with Gasteiger partial charge >= 0.3 is 0 Å². The summed E-state index contributed by atoms with van der Waals surface area (Å²) in [5.74, 6) is 0.184. The molecule has 0 spiro atoms. The van der Waals surface area contributed by atoms with Gasteiger partial charge in [-0.15, -0.1) is 0 Å². The van der Waals surface area contributed by atoms with Crippen molar-refractivity contribution in [3.63, 3.8) is 0 Å². The van der Waals surface area contributed by atoms with Crippen molar-refractivity contribution in [1.82, 2.24) is 4.90 Å². The molecule has 4 rings (SSSR count). The molecule has 9 heteroatoms. The molecule has 3 amide bonds. The highest BCUT2D eigenvalue weighted by molar-refractivity contribution is 9.10. The molecule has 0 atom stereocenters. The van der Waals surface area contributed by atoms with Gasteiger partial charge < -0.3 is 14.8 Å². The SMILES string of the molecule is CCOc1cc(/C=C2/SC(=O)N(CCCc3ccccc3)C2=O)cc(Br)c1OCC(=O)Nc1ccc(C)cc1. The van der Waals surface area contributed by atoms with E-state index in [4.69, 9.17) is 9.47 Å². The second-order valence-electron chi connectivity index (χ2n) is 8.89. The number of aryl methyl sites for hydroxylation is 2. The Bertz CT molecular complexity index is 1380. The number of nitrogens with one attached hydrogen (secondary N) is 1. The van der Waals surface area contributed by atoms with Crippen LogP contribution in [0.2, 0.25) is 0 Å². The fourth-order valence-electron chi connectivity index (χ4n) is 3.98. The van der Waals surface area contributed by atoms with Crippen LogP contribution in [0, 0.1) is 6.92 Å². The molecule has 39 heavy (non-hydrogen) atoms. The number of hydrogen-bond donors (Lipinski definition) is 1. The van der Waals surface area contributed by atoms with Crippen LogP contribution in [0.3, 0.4) is 0 Å². The second kappa shape index (κ2) is 13.5. The van der Waals surface area contributed by atoms with Gasteiger partial charge in [-0.3, -0.25) is 19.3 Å². The van der Waals surface area contributed by atoms with Crippen molar-refractivity contribution in [2.75, 3.05) is 25.1 Å². The van der Waals surface area contributed by atoms with Crippen LogP contribution in [0.25, 0.3) is 6.08 Å². The van der Waals surface area contributed by atoms with E-state index in [1.165, 1.54) is 10.5 Å². The normalized spacial score (nSPS) is 14.1. The first kappa shape index (κ1) is 28.4. The van der Waals surface area contributed by atoms with Crippen LogP contribution < -0.4 is 14.8 Å². The number of imide groups is 1. The molecule has 0 aliphatic carbocycles. The molecule has 0 saturated carbocycles. The Morgan fingerprint density at radius 2 is 1.79 bits per heavy atom. The molecule has 1 aliphatic heterocycles. The molecule has 1 saturated heterocycles. The maximum atomic E-state index is 13.0. The highest BCUT2D eigenvalue weighted by Crippen LogP contribution is 2.39. The van der Waals surface area contributed by atoms with E-state index < -0.39 is 0 Å². The maximum Gasteiger partial charge on any atom is 0.293 e. The van der Waals surface area contributed by atoms with Crippen LogP contribution in [-0.2, 0) is 16.0 Å². The molecule has 0 unspecified atom stereocenters. The second-order valence-corrected chi connectivity index (χ2v) is 10.7. The Hall–Kier alpha value is -3.56. The van der Waals surface area contributed by atoms with Gasteiger partial charge in [-0.05, 0) is 95.8 Å². The van der Waals surface area contributed by atoms with E-state index in [-0.39, 0.29) is 23.7 Å². The molecular weight excluding hydrogens is 580 g/mol. The van der Waals surface area contributed by atoms with Crippen molar-refractivity contribution in [3.05, 3.63) is 92.8 Å². The van der Waals surface area contributed by atoms with Crippen molar-refractivity contribution in [2.45, 2.75) is 26.7 Å². The summed E-state index contributed by atoms with van der Waals surface area (Å²) >= 11 is 4.43. The minimum Gasteiger partial charge on any atom is -0.490 e. The third-order valence-electron chi connectivity index (χ3n) is 5.88. The quantitative estimate of drug-likeness (QED) is 0.240. The first-order chi connectivity index (χ1) is 18.8. The van der Waals surface area contributed by atoms with Gasteiger partial charge in [-0.1, -0.05) is 48.0 Å². The molecule has 7 nitrogen and oxygen atoms in total. The monoisotopic (exact) mass is 608 g/mol. The predicted octanol–water partition coefficient (Wildman–Crippen LogP) is 6.84. The standard InChI is InChI=1S/C30H29BrN2O5S/c1-3-37-25-17-22(16-24(31)28(25)38-19-27(34)32-23-13-11-20(2)12-14-23)18-26-29(35)33(30(36)39-26)15-7-10-21-8-5-4-6-9-21/h4-6,8-9,11-14,16-18H,3,7,10,15,19H2,1-2H3,(H,32,34)/b26-18+. The number of halogens is 1. The number of rotatable bonds is 11. The van der Waals surface area contributed by atoms with Gasteiger partial charge in [0, 0.05) is 12.2 Å². The lowest BCUT2D eigenvalue weighted by atomic mass is 10.1. The van der Waals surface area contributed by atoms with E-state index >= 15 is 0 Å². The molecule has 1 heterocycles. The van der Waals surface area contributed by atoms with Gasteiger partial charge in [0.25, 0.3) is 17.1 Å². The van der Waals surface area contributed by atoms with Crippen LogP contribution in [0.15, 0.2) is 76.1 Å². The summed E-state index contributed by atoms with van der Waals surface area (Å²) in [6.45, 7) is 4.34. The number of hydrogen-bond acceptors (Lipinski definition) is 6. The van der Waals surface area contributed by atoms with E-state index in [0.29, 0.717) is 51.7 Å². The predicted molar refractivity (Wildman–Crippen MR) is 158 cm³/mol. The Labute approximate surface area is 240 Å². The number of ether oxygens (including phenoxy) is 2. The van der Waals surface area contributed by atoms with Gasteiger partial charge in [-0.25, -0.2) is 0 Å². The summed E-state index contributed by atoms with van der Waals surface area (Å²) in [5.41, 5.74) is 3.62. The largest absolute Gasteiger partial charge is 0.490 e. The summed E-state index contributed by atoms with van der Waals surface area (Å²) in [6.07, 6.45) is 3.15. The molecule has 1 fully saturated rings. The summed E-state index contributed by atoms with van der Waals surface area (Å²) in [7, 11) is 0. The van der Waals surface area contributed by atoms with Gasteiger partial charge in [0.1, 0.15) is 0 Å². The van der Waals surface area contributed by atoms with E-state index in [1.54, 1.807) is 18.2 Å². The Balaban J connectivity index is 1.42. The molecule has 0 bridgehead atoms. The molecular formula is C30H29BrN2O5S. The van der Waals surface area contributed by atoms with Crippen molar-refractivity contribution >= 4 is 56.5 Å². The number of benzene rings is 3. The maximum absolute atomic E-state index is 13.0. The lowest BCUT2D eigenvalue weighted by Crippen LogP contribution is -2.29. The molecule has 3 aromatic carbocycles. The average Bonchev–Trinajstić information content (AvgIpc) is 3.17. The Morgan fingerprint density at radius 3 is 2.51 bits per heavy atom. The van der Waals surface area contributed by atoms with E-state index in [0.717, 1.165) is 23.7 Å². The topological polar surface area (TPSA) is 84.9 Å². The van der Waals surface area contributed by atoms with E-state index in [1.807, 2.05) is 68.4 Å². The highest BCUT2D eigenvalue weighted by atomic mass is 79.9. The zero-order valence-corrected chi connectivity index (χ0v) is 24.1. The fourth-order valence-corrected chi connectivity index (χ4v) is 5.42. The number of thioether (sulfide) groups is 1. The van der Waals surface area contributed by atoms with Crippen molar-refractivity contribution in [2.24, 2.45) is 0 Å². The fraction of sp³-hybridized carbons (Fsp3) is 0.233. The Morgan fingerprint density at radius 1 is 1.05 bits per heavy atom. The lowest BCUT2D eigenvalue weighted by Gasteiger charge is -2.15. The number of nitrogens with zero attached hydrogens (tertiary/aromatic N) is 1. The lowest BCUT2D eigenvalue weighted by molar-refractivity contribution is -0.122. The number of anilines is 1. The molecule has 0 aromatic heterocycles. The highest BCUT2D eigenvalue weighted by Gasteiger charge is 2.34. The van der Waals surface area contributed by atoms with Crippen LogP contribution in [0.1, 0.15) is 30.0 Å². The van der Waals surface area contributed by atoms with Crippen LogP contribution in [0.4, 0.5) is 10.5 Å².